The minimum atomic E-state index is -3.98. The third kappa shape index (κ3) is 5.55. The van der Waals surface area contributed by atoms with Gasteiger partial charge in [-0.1, -0.05) is 18.0 Å². The third-order valence-electron chi connectivity index (χ3n) is 4.17. The number of carbonyl (C=O) groups excluding carboxylic acids is 1. The molecule has 1 aromatic rings. The number of halogens is 1. The van der Waals surface area contributed by atoms with Gasteiger partial charge in [0.15, 0.2) is 0 Å². The Morgan fingerprint density at radius 2 is 2.07 bits per heavy atom. The van der Waals surface area contributed by atoms with E-state index in [1.165, 1.54) is 4.31 Å². The van der Waals surface area contributed by atoms with Gasteiger partial charge in [0.25, 0.3) is 5.69 Å². The molecule has 1 N–H and O–H groups in total. The molecule has 1 saturated heterocycles. The summed E-state index contributed by atoms with van der Waals surface area (Å²) in [7, 11) is -3.98. The summed E-state index contributed by atoms with van der Waals surface area (Å²) in [6.07, 6.45) is 1.44. The van der Waals surface area contributed by atoms with Gasteiger partial charge in [0.05, 0.1) is 9.95 Å². The van der Waals surface area contributed by atoms with E-state index in [1.807, 2.05) is 0 Å². The normalized spacial score (nSPS) is 18.5. The number of nitrogens with one attached hydrogen (secondary N) is 1. The maximum atomic E-state index is 13.1. The van der Waals surface area contributed by atoms with Crippen molar-refractivity contribution in [2.75, 3.05) is 13.1 Å². The van der Waals surface area contributed by atoms with Crippen molar-refractivity contribution in [1.82, 2.24) is 9.62 Å². The van der Waals surface area contributed by atoms with E-state index in [1.54, 1.807) is 20.8 Å². The molecule has 0 bridgehead atoms. The Hall–Kier alpha value is -1.91. The van der Waals surface area contributed by atoms with Crippen molar-refractivity contribution in [3.05, 3.63) is 33.3 Å². The van der Waals surface area contributed by atoms with E-state index in [-0.39, 0.29) is 28.7 Å². The molecule has 2 rings (SSSR count). The molecule has 0 radical (unpaired) electrons. The van der Waals surface area contributed by atoms with E-state index in [9.17, 15) is 23.3 Å². The third-order valence-corrected chi connectivity index (χ3v) is 6.60. The van der Waals surface area contributed by atoms with Crippen LogP contribution in [0.3, 0.4) is 0 Å². The zero-order valence-electron chi connectivity index (χ0n) is 16.0. The second-order valence-electron chi connectivity index (χ2n) is 7.52. The number of ether oxygens (including phenoxy) is 1. The van der Waals surface area contributed by atoms with Crippen molar-refractivity contribution in [3.8, 4) is 0 Å². The average Bonchev–Trinajstić information content (AvgIpc) is 2.58. The highest BCUT2D eigenvalue weighted by molar-refractivity contribution is 7.89. The lowest BCUT2D eigenvalue weighted by Crippen LogP contribution is -2.49. The minimum absolute atomic E-state index is 0.0960. The van der Waals surface area contributed by atoms with Crippen molar-refractivity contribution in [2.45, 2.75) is 56.6 Å². The Labute approximate surface area is 169 Å². The summed E-state index contributed by atoms with van der Waals surface area (Å²) in [5.74, 6) is 0. The molecule has 9 nitrogen and oxygen atoms in total. The number of non-ortho nitro benzene ring substituents is 1. The number of hydrogen-bond acceptors (Lipinski definition) is 6. The lowest BCUT2D eigenvalue weighted by molar-refractivity contribution is -0.384. The van der Waals surface area contributed by atoms with E-state index in [4.69, 9.17) is 16.3 Å². The molecule has 1 aliphatic heterocycles. The number of piperidine rings is 1. The van der Waals surface area contributed by atoms with Gasteiger partial charge in [-0.15, -0.1) is 0 Å². The fourth-order valence-corrected chi connectivity index (χ4v) is 5.16. The van der Waals surface area contributed by atoms with Crippen molar-refractivity contribution in [3.63, 3.8) is 0 Å². The number of amides is 1. The minimum Gasteiger partial charge on any atom is -0.444 e. The monoisotopic (exact) mass is 433 g/mol. The van der Waals surface area contributed by atoms with Crippen LogP contribution in [0.4, 0.5) is 10.5 Å². The highest BCUT2D eigenvalue weighted by atomic mass is 35.5. The first-order valence-electron chi connectivity index (χ1n) is 8.84. The molecule has 0 saturated carbocycles. The van der Waals surface area contributed by atoms with E-state index in [2.05, 4.69) is 5.32 Å². The zero-order chi connectivity index (χ0) is 21.1. The summed E-state index contributed by atoms with van der Waals surface area (Å²) >= 11 is 6.03. The van der Waals surface area contributed by atoms with Gasteiger partial charge in [-0.05, 0) is 39.7 Å². The van der Waals surface area contributed by atoms with Crippen LogP contribution in [0.2, 0.25) is 5.02 Å². The predicted molar refractivity (Wildman–Crippen MR) is 104 cm³/mol. The Kier molecular flexibility index (Phi) is 6.89. The van der Waals surface area contributed by atoms with Crippen LogP contribution in [-0.2, 0) is 14.8 Å². The summed E-state index contributed by atoms with van der Waals surface area (Å²) < 4.78 is 32.7. The molecular weight excluding hydrogens is 410 g/mol. The second kappa shape index (κ2) is 8.62. The molecule has 1 heterocycles. The zero-order valence-corrected chi connectivity index (χ0v) is 17.5. The number of sulfonamides is 1. The Morgan fingerprint density at radius 3 is 2.64 bits per heavy atom. The molecule has 1 aromatic carbocycles. The first-order chi connectivity index (χ1) is 12.9. The number of alkyl carbamates (subject to hydrolysis) is 1. The van der Waals surface area contributed by atoms with E-state index >= 15 is 0 Å². The fourth-order valence-electron chi connectivity index (χ4n) is 2.95. The van der Waals surface area contributed by atoms with E-state index < -0.39 is 32.7 Å². The van der Waals surface area contributed by atoms with Gasteiger partial charge in [-0.2, -0.15) is 4.31 Å². The summed E-state index contributed by atoms with van der Waals surface area (Å²) in [5.41, 5.74) is -0.944. The van der Waals surface area contributed by atoms with Crippen LogP contribution < -0.4 is 5.32 Å². The smallest absolute Gasteiger partial charge is 0.407 e. The van der Waals surface area contributed by atoms with Crippen LogP contribution in [-0.4, -0.2) is 48.5 Å². The molecule has 11 heteroatoms. The largest absolute Gasteiger partial charge is 0.444 e. The average molecular weight is 434 g/mol. The van der Waals surface area contributed by atoms with Gasteiger partial charge in [0.1, 0.15) is 10.5 Å². The van der Waals surface area contributed by atoms with Crippen molar-refractivity contribution in [1.29, 1.82) is 0 Å². The number of nitrogens with zero attached hydrogens (tertiary/aromatic N) is 2. The van der Waals surface area contributed by atoms with Gasteiger partial charge >= 0.3 is 6.09 Å². The molecule has 1 aliphatic rings. The summed E-state index contributed by atoms with van der Waals surface area (Å²) in [6, 6.07) is 2.81. The molecule has 1 atom stereocenters. The Bertz CT molecular complexity index is 853. The topological polar surface area (TPSA) is 119 Å². The van der Waals surface area contributed by atoms with Crippen LogP contribution >= 0.6 is 11.6 Å². The highest BCUT2D eigenvalue weighted by Crippen LogP contribution is 2.31. The van der Waals surface area contributed by atoms with E-state index in [0.717, 1.165) is 24.6 Å². The summed E-state index contributed by atoms with van der Waals surface area (Å²) in [6.45, 7) is 5.58. The molecule has 0 unspecified atom stereocenters. The van der Waals surface area contributed by atoms with Crippen molar-refractivity contribution < 1.29 is 22.9 Å². The van der Waals surface area contributed by atoms with Gasteiger partial charge in [-0.3, -0.25) is 10.1 Å². The van der Waals surface area contributed by atoms with Crippen molar-refractivity contribution in [2.24, 2.45) is 0 Å². The predicted octanol–water partition coefficient (Wildman–Crippen LogP) is 3.32. The quantitative estimate of drug-likeness (QED) is 0.562. The van der Waals surface area contributed by atoms with Gasteiger partial charge in [0, 0.05) is 31.3 Å². The second-order valence-corrected chi connectivity index (χ2v) is 9.79. The number of benzene rings is 1. The van der Waals surface area contributed by atoms with Crippen LogP contribution in [0.5, 0.6) is 0 Å². The van der Waals surface area contributed by atoms with Crippen LogP contribution in [0.15, 0.2) is 23.1 Å². The maximum absolute atomic E-state index is 13.1. The first-order valence-corrected chi connectivity index (χ1v) is 10.7. The highest BCUT2D eigenvalue weighted by Gasteiger charge is 2.35. The SMILES string of the molecule is CC(C)(C)OC(=O)NC[C@@H]1CCCCN1S(=O)(=O)c1ccc([N+](=O)[O-])cc1Cl. The molecule has 1 fully saturated rings. The standard InChI is InChI=1S/C17H24ClN3O6S/c1-17(2,3)27-16(22)19-11-13-6-4-5-9-20(13)28(25,26)15-8-7-12(21(23)24)10-14(15)18/h7-8,10,13H,4-6,9,11H2,1-3H3,(H,19,22)/t13-/m0/s1. The maximum Gasteiger partial charge on any atom is 0.407 e. The van der Waals surface area contributed by atoms with Crippen molar-refractivity contribution >= 4 is 33.4 Å². The van der Waals surface area contributed by atoms with Gasteiger partial charge in [0.2, 0.25) is 10.0 Å². The lowest BCUT2D eigenvalue weighted by atomic mass is 10.1. The number of nitro groups is 1. The molecule has 156 valence electrons. The molecule has 28 heavy (non-hydrogen) atoms. The van der Waals surface area contributed by atoms with Crippen LogP contribution in [0.25, 0.3) is 0 Å². The molecule has 1 amide bonds. The van der Waals surface area contributed by atoms with Gasteiger partial charge in [-0.25, -0.2) is 13.2 Å². The summed E-state index contributed by atoms with van der Waals surface area (Å²) in [5, 5.41) is 13.3. The lowest BCUT2D eigenvalue weighted by Gasteiger charge is -2.35. The number of rotatable bonds is 5. The number of hydrogen-bond donors (Lipinski definition) is 1. The molecule has 0 aliphatic carbocycles. The molecule has 0 aromatic heterocycles. The summed E-state index contributed by atoms with van der Waals surface area (Å²) in [4.78, 5) is 21.9. The first kappa shape index (κ1) is 22.4. The number of carbonyl (C=O) groups is 1. The fraction of sp³-hybridized carbons (Fsp3) is 0.588. The number of nitro benzene ring substituents is 1. The van der Waals surface area contributed by atoms with Gasteiger partial charge < -0.3 is 10.1 Å². The molecular formula is C17H24ClN3O6S. The van der Waals surface area contributed by atoms with Crippen LogP contribution in [0, 0.1) is 10.1 Å². The molecule has 0 spiro atoms. The Balaban J connectivity index is 2.20. The Morgan fingerprint density at radius 1 is 1.39 bits per heavy atom. The van der Waals surface area contributed by atoms with E-state index in [0.29, 0.717) is 12.8 Å². The van der Waals surface area contributed by atoms with Crippen LogP contribution in [0.1, 0.15) is 40.0 Å².